The quantitative estimate of drug-likeness (QED) is 0.705. The Morgan fingerprint density at radius 2 is 1.76 bits per heavy atom. The molecule has 1 atom stereocenters. The van der Waals surface area contributed by atoms with Gasteiger partial charge in [-0.25, -0.2) is 4.79 Å². The summed E-state index contributed by atoms with van der Waals surface area (Å²) < 4.78 is 16.1. The van der Waals surface area contributed by atoms with Gasteiger partial charge in [-0.15, -0.1) is 0 Å². The molecule has 0 aliphatic heterocycles. The summed E-state index contributed by atoms with van der Waals surface area (Å²) in [6, 6.07) is 13.0. The van der Waals surface area contributed by atoms with E-state index in [9.17, 15) is 9.59 Å². The molecule has 0 heterocycles. The van der Waals surface area contributed by atoms with Crippen LogP contribution in [0.3, 0.4) is 0 Å². The van der Waals surface area contributed by atoms with Crippen LogP contribution in [0.1, 0.15) is 38.8 Å². The average molecular weight is 399 g/mol. The van der Waals surface area contributed by atoms with Gasteiger partial charge in [0.1, 0.15) is 11.5 Å². The number of para-hydroxylation sites is 1. The van der Waals surface area contributed by atoms with Crippen LogP contribution in [-0.2, 0) is 19.7 Å². The van der Waals surface area contributed by atoms with E-state index in [0.717, 1.165) is 11.1 Å². The summed E-state index contributed by atoms with van der Waals surface area (Å²) in [7, 11) is 1.52. The molecule has 2 rings (SSSR count). The molecular formula is C23H29NO5. The van der Waals surface area contributed by atoms with E-state index in [0.29, 0.717) is 17.2 Å². The lowest BCUT2D eigenvalue weighted by Crippen LogP contribution is -2.32. The van der Waals surface area contributed by atoms with Gasteiger partial charge in [0.25, 0.3) is 5.91 Å². The fourth-order valence-corrected chi connectivity index (χ4v) is 2.79. The summed E-state index contributed by atoms with van der Waals surface area (Å²) in [4.78, 5) is 24.6. The second-order valence-corrected chi connectivity index (χ2v) is 7.86. The van der Waals surface area contributed by atoms with Gasteiger partial charge >= 0.3 is 5.97 Å². The molecule has 6 nitrogen and oxygen atoms in total. The lowest BCUT2D eigenvalue weighted by atomic mass is 9.86. The van der Waals surface area contributed by atoms with Gasteiger partial charge in [0.15, 0.2) is 12.7 Å². The number of esters is 1. The zero-order chi connectivity index (χ0) is 21.6. The van der Waals surface area contributed by atoms with Crippen LogP contribution < -0.4 is 14.8 Å². The van der Waals surface area contributed by atoms with Gasteiger partial charge in [-0.05, 0) is 48.6 Å². The first-order valence-electron chi connectivity index (χ1n) is 9.49. The van der Waals surface area contributed by atoms with Crippen molar-refractivity contribution in [3.8, 4) is 11.5 Å². The van der Waals surface area contributed by atoms with E-state index in [1.165, 1.54) is 14.0 Å². The fourth-order valence-electron chi connectivity index (χ4n) is 2.79. The molecular weight excluding hydrogens is 370 g/mol. The predicted molar refractivity (Wildman–Crippen MR) is 113 cm³/mol. The normalized spacial score (nSPS) is 12.1. The second-order valence-electron chi connectivity index (χ2n) is 7.86. The van der Waals surface area contributed by atoms with Gasteiger partial charge < -0.3 is 19.5 Å². The number of rotatable bonds is 7. The van der Waals surface area contributed by atoms with Crippen molar-refractivity contribution in [2.75, 3.05) is 19.0 Å². The van der Waals surface area contributed by atoms with E-state index in [-0.39, 0.29) is 12.0 Å². The van der Waals surface area contributed by atoms with Crippen LogP contribution >= 0.6 is 0 Å². The van der Waals surface area contributed by atoms with Crippen molar-refractivity contribution in [3.05, 3.63) is 53.6 Å². The topological polar surface area (TPSA) is 73.9 Å². The number of hydrogen-bond donors (Lipinski definition) is 1. The highest BCUT2D eigenvalue weighted by Crippen LogP contribution is 2.31. The molecule has 1 N–H and O–H groups in total. The number of aryl methyl sites for hydroxylation is 1. The number of methoxy groups -OCH3 is 1. The van der Waals surface area contributed by atoms with Gasteiger partial charge in [0.2, 0.25) is 0 Å². The van der Waals surface area contributed by atoms with E-state index in [1.807, 2.05) is 37.3 Å². The third-order valence-electron chi connectivity index (χ3n) is 4.33. The first-order valence-corrected chi connectivity index (χ1v) is 9.49. The molecule has 0 spiro atoms. The standard InChI is InChI=1S/C23H29NO5/c1-15-11-12-20(27-6)18(13-15)24-22(26)16(2)29-21(25)14-28-19-10-8-7-9-17(19)23(3,4)5/h7-13,16H,14H2,1-6H3,(H,24,26)/t16-/m0/s1. The number of amides is 1. The van der Waals surface area contributed by atoms with Crippen LogP contribution in [0.4, 0.5) is 5.69 Å². The summed E-state index contributed by atoms with van der Waals surface area (Å²) in [5.41, 5.74) is 2.36. The molecule has 0 fully saturated rings. The molecule has 0 bridgehead atoms. The minimum Gasteiger partial charge on any atom is -0.495 e. The number of carbonyl (C=O) groups excluding carboxylic acids is 2. The zero-order valence-corrected chi connectivity index (χ0v) is 17.9. The van der Waals surface area contributed by atoms with Crippen molar-refractivity contribution in [1.82, 2.24) is 0 Å². The Hall–Kier alpha value is -3.02. The number of benzene rings is 2. The summed E-state index contributed by atoms with van der Waals surface area (Å²) in [6.07, 6.45) is -0.978. The van der Waals surface area contributed by atoms with Gasteiger partial charge in [-0.1, -0.05) is 45.0 Å². The van der Waals surface area contributed by atoms with Gasteiger partial charge in [0, 0.05) is 0 Å². The Balaban J connectivity index is 1.94. The highest BCUT2D eigenvalue weighted by molar-refractivity contribution is 5.96. The minimum atomic E-state index is -0.978. The highest BCUT2D eigenvalue weighted by Gasteiger charge is 2.22. The maximum atomic E-state index is 12.4. The Morgan fingerprint density at radius 3 is 2.41 bits per heavy atom. The smallest absolute Gasteiger partial charge is 0.344 e. The van der Waals surface area contributed by atoms with Gasteiger partial charge in [0.05, 0.1) is 12.8 Å². The Morgan fingerprint density at radius 1 is 1.07 bits per heavy atom. The number of anilines is 1. The average Bonchev–Trinajstić information content (AvgIpc) is 2.66. The zero-order valence-electron chi connectivity index (χ0n) is 17.9. The van der Waals surface area contributed by atoms with Gasteiger partial charge in [-0.3, -0.25) is 4.79 Å². The molecule has 0 aliphatic carbocycles. The van der Waals surface area contributed by atoms with Crippen LogP contribution in [0.25, 0.3) is 0 Å². The summed E-state index contributed by atoms with van der Waals surface area (Å²) in [6.45, 7) is 9.35. The number of ether oxygens (including phenoxy) is 3. The molecule has 156 valence electrons. The van der Waals surface area contributed by atoms with Crippen LogP contribution in [0.15, 0.2) is 42.5 Å². The van der Waals surface area contributed by atoms with E-state index in [2.05, 4.69) is 26.1 Å². The summed E-state index contributed by atoms with van der Waals surface area (Å²) in [5, 5.41) is 2.73. The van der Waals surface area contributed by atoms with Crippen molar-refractivity contribution < 1.29 is 23.8 Å². The fraction of sp³-hybridized carbons (Fsp3) is 0.391. The lowest BCUT2D eigenvalue weighted by Gasteiger charge is -2.22. The summed E-state index contributed by atoms with van der Waals surface area (Å²) in [5.74, 6) is 0.0908. The maximum absolute atomic E-state index is 12.4. The van der Waals surface area contributed by atoms with Crippen molar-refractivity contribution >= 4 is 17.6 Å². The van der Waals surface area contributed by atoms with Crippen molar-refractivity contribution in [2.24, 2.45) is 0 Å². The first kappa shape index (κ1) is 22.3. The molecule has 0 aliphatic rings. The van der Waals surface area contributed by atoms with E-state index in [1.54, 1.807) is 12.1 Å². The molecule has 2 aromatic rings. The molecule has 0 radical (unpaired) electrons. The maximum Gasteiger partial charge on any atom is 0.344 e. The number of carbonyl (C=O) groups is 2. The van der Waals surface area contributed by atoms with Crippen molar-refractivity contribution in [1.29, 1.82) is 0 Å². The largest absolute Gasteiger partial charge is 0.495 e. The SMILES string of the molecule is COc1ccc(C)cc1NC(=O)[C@H](C)OC(=O)COc1ccccc1C(C)(C)C. The Kier molecular flexibility index (Phi) is 7.26. The first-order chi connectivity index (χ1) is 13.6. The minimum absolute atomic E-state index is 0.124. The number of nitrogens with one attached hydrogen (secondary N) is 1. The van der Waals surface area contributed by atoms with E-state index >= 15 is 0 Å². The van der Waals surface area contributed by atoms with Crippen LogP contribution in [0, 0.1) is 6.92 Å². The predicted octanol–water partition coefficient (Wildman–Crippen LogP) is 4.25. The monoisotopic (exact) mass is 399 g/mol. The molecule has 29 heavy (non-hydrogen) atoms. The lowest BCUT2D eigenvalue weighted by molar-refractivity contribution is -0.155. The third-order valence-corrected chi connectivity index (χ3v) is 4.33. The highest BCUT2D eigenvalue weighted by atomic mass is 16.6. The van der Waals surface area contributed by atoms with Crippen molar-refractivity contribution in [3.63, 3.8) is 0 Å². The van der Waals surface area contributed by atoms with E-state index in [4.69, 9.17) is 14.2 Å². The second kappa shape index (κ2) is 9.45. The summed E-state index contributed by atoms with van der Waals surface area (Å²) >= 11 is 0. The molecule has 0 saturated heterocycles. The molecule has 1 amide bonds. The number of hydrogen-bond acceptors (Lipinski definition) is 5. The van der Waals surface area contributed by atoms with Crippen LogP contribution in [0.5, 0.6) is 11.5 Å². The Labute approximate surface area is 172 Å². The molecule has 0 aromatic heterocycles. The van der Waals surface area contributed by atoms with E-state index < -0.39 is 18.0 Å². The van der Waals surface area contributed by atoms with Crippen molar-refractivity contribution in [2.45, 2.75) is 46.1 Å². The Bertz CT molecular complexity index is 870. The van der Waals surface area contributed by atoms with Gasteiger partial charge in [-0.2, -0.15) is 0 Å². The molecule has 0 unspecified atom stereocenters. The molecule has 6 heteroatoms. The third kappa shape index (κ3) is 6.24. The van der Waals surface area contributed by atoms with Crippen LogP contribution in [0.2, 0.25) is 0 Å². The molecule has 2 aromatic carbocycles. The van der Waals surface area contributed by atoms with Crippen LogP contribution in [-0.4, -0.2) is 31.7 Å². The molecule has 0 saturated carbocycles.